The lowest BCUT2D eigenvalue weighted by molar-refractivity contribution is -0.132. The number of carbonyl (C=O) groups excluding carboxylic acids is 2. The van der Waals surface area contributed by atoms with Crippen LogP contribution in [-0.2, 0) is 9.59 Å². The molecule has 2 aromatic carbocycles. The molecule has 0 bridgehead atoms. The number of benzene rings is 2. The van der Waals surface area contributed by atoms with Gasteiger partial charge in [0.1, 0.15) is 29.1 Å². The zero-order valence-electron chi connectivity index (χ0n) is 19.6. The Morgan fingerprint density at radius 1 is 1.03 bits per heavy atom. The number of aryl methyl sites for hydroxylation is 2. The lowest BCUT2D eigenvalue weighted by Crippen LogP contribution is -2.30. The van der Waals surface area contributed by atoms with Crippen molar-refractivity contribution in [1.29, 1.82) is 0 Å². The van der Waals surface area contributed by atoms with E-state index in [1.165, 1.54) is 11.2 Å². The molecule has 0 aliphatic carbocycles. The molecule has 7 nitrogen and oxygen atoms in total. The van der Waals surface area contributed by atoms with Gasteiger partial charge in [-0.2, -0.15) is 0 Å². The smallest absolute Gasteiger partial charge is 0.300 e. The summed E-state index contributed by atoms with van der Waals surface area (Å²) in [5.41, 5.74) is 2.66. The fourth-order valence-electron chi connectivity index (χ4n) is 4.25. The summed E-state index contributed by atoms with van der Waals surface area (Å²) in [5.74, 6) is -0.584. The first kappa shape index (κ1) is 23.2. The van der Waals surface area contributed by atoms with Crippen molar-refractivity contribution in [3.8, 4) is 11.5 Å². The molecular weight excluding hydrogens is 434 g/mol. The molecule has 1 N–H and O–H groups in total. The Morgan fingerprint density at radius 2 is 1.79 bits per heavy atom. The van der Waals surface area contributed by atoms with E-state index in [1.54, 1.807) is 36.4 Å². The summed E-state index contributed by atoms with van der Waals surface area (Å²) in [6, 6.07) is 13.0. The lowest BCUT2D eigenvalue weighted by Gasteiger charge is -2.25. The van der Waals surface area contributed by atoms with Gasteiger partial charge in [0.15, 0.2) is 0 Å². The number of amides is 1. The summed E-state index contributed by atoms with van der Waals surface area (Å²) in [6.07, 6.45) is 1.47. The topological polar surface area (TPSA) is 89.2 Å². The van der Waals surface area contributed by atoms with Crippen LogP contribution in [0.15, 0.2) is 64.8 Å². The molecule has 1 aliphatic heterocycles. The van der Waals surface area contributed by atoms with Crippen LogP contribution in [0.3, 0.4) is 0 Å². The molecule has 1 amide bonds. The molecule has 0 saturated carbocycles. The number of anilines is 1. The first-order chi connectivity index (χ1) is 16.4. The van der Waals surface area contributed by atoms with E-state index in [0.29, 0.717) is 41.7 Å². The van der Waals surface area contributed by atoms with Gasteiger partial charge >= 0.3 is 0 Å². The quantitative estimate of drug-likeness (QED) is 0.291. The molecule has 3 aromatic rings. The van der Waals surface area contributed by atoms with Crippen LogP contribution in [0.4, 0.5) is 5.69 Å². The van der Waals surface area contributed by atoms with Crippen molar-refractivity contribution >= 4 is 23.1 Å². The normalized spacial score (nSPS) is 17.3. The zero-order chi connectivity index (χ0) is 24.4. The Balaban J connectivity index is 1.92. The van der Waals surface area contributed by atoms with Crippen molar-refractivity contribution in [1.82, 2.24) is 0 Å². The number of furan rings is 1. The summed E-state index contributed by atoms with van der Waals surface area (Å²) >= 11 is 0. The first-order valence-corrected chi connectivity index (χ1v) is 11.2. The molecular formula is C27H27NO6. The van der Waals surface area contributed by atoms with Crippen LogP contribution >= 0.6 is 0 Å². The van der Waals surface area contributed by atoms with Gasteiger partial charge in [-0.15, -0.1) is 0 Å². The number of rotatable bonds is 7. The second kappa shape index (κ2) is 9.47. The van der Waals surface area contributed by atoms with Gasteiger partial charge in [-0.05, 0) is 63.6 Å². The van der Waals surface area contributed by atoms with Crippen LogP contribution in [0.1, 0.15) is 42.3 Å². The largest absolute Gasteiger partial charge is 0.507 e. The highest BCUT2D eigenvalue weighted by atomic mass is 16.5. The minimum absolute atomic E-state index is 0.0648. The van der Waals surface area contributed by atoms with E-state index in [0.717, 1.165) is 11.1 Å². The highest BCUT2D eigenvalue weighted by molar-refractivity contribution is 6.51. The Bertz CT molecular complexity index is 1260. The van der Waals surface area contributed by atoms with Crippen LogP contribution < -0.4 is 14.4 Å². The number of aliphatic hydroxyl groups is 1. The molecule has 1 saturated heterocycles. The molecule has 176 valence electrons. The minimum atomic E-state index is -0.933. The summed E-state index contributed by atoms with van der Waals surface area (Å²) in [4.78, 5) is 28.0. The van der Waals surface area contributed by atoms with Gasteiger partial charge < -0.3 is 19.0 Å². The van der Waals surface area contributed by atoms with Crippen LogP contribution in [0.25, 0.3) is 5.76 Å². The molecule has 34 heavy (non-hydrogen) atoms. The molecule has 4 rings (SSSR count). The van der Waals surface area contributed by atoms with Crippen LogP contribution in [0.2, 0.25) is 0 Å². The fraction of sp³-hybridized carbons (Fsp3) is 0.259. The number of aliphatic hydroxyl groups excluding tert-OH is 1. The fourth-order valence-corrected chi connectivity index (χ4v) is 4.25. The van der Waals surface area contributed by atoms with E-state index in [4.69, 9.17) is 13.9 Å². The van der Waals surface area contributed by atoms with Gasteiger partial charge in [0.25, 0.3) is 11.7 Å². The first-order valence-electron chi connectivity index (χ1n) is 11.2. The van der Waals surface area contributed by atoms with Crippen LogP contribution in [-0.4, -0.2) is 30.0 Å². The summed E-state index contributed by atoms with van der Waals surface area (Å²) < 4.78 is 16.9. The average Bonchev–Trinajstić information content (AvgIpc) is 3.42. The van der Waals surface area contributed by atoms with Gasteiger partial charge in [0.2, 0.25) is 0 Å². The maximum Gasteiger partial charge on any atom is 0.300 e. The van der Waals surface area contributed by atoms with Crippen LogP contribution in [0, 0.1) is 13.8 Å². The van der Waals surface area contributed by atoms with Crippen LogP contribution in [0.5, 0.6) is 11.5 Å². The summed E-state index contributed by atoms with van der Waals surface area (Å²) in [7, 11) is 0. The Hall–Kier alpha value is -4.00. The standard InChI is InChI=1S/C27H27NO6/c1-5-32-18-10-11-19(22(15-18)33-6-2)25(29)23-24(21-8-7-13-34-21)28(27(31)26(23)30)20-12-9-16(3)14-17(20)4/h7-15,24,29H,5-6H2,1-4H3/b25-23-. The summed E-state index contributed by atoms with van der Waals surface area (Å²) in [5, 5.41) is 11.4. The zero-order valence-corrected chi connectivity index (χ0v) is 19.6. The lowest BCUT2D eigenvalue weighted by atomic mass is 9.98. The van der Waals surface area contributed by atoms with Crippen molar-refractivity contribution in [3.63, 3.8) is 0 Å². The number of hydrogen-bond donors (Lipinski definition) is 1. The monoisotopic (exact) mass is 461 g/mol. The van der Waals surface area contributed by atoms with E-state index in [-0.39, 0.29) is 11.3 Å². The van der Waals surface area contributed by atoms with Crippen molar-refractivity contribution in [2.24, 2.45) is 0 Å². The van der Waals surface area contributed by atoms with Crippen molar-refractivity contribution in [3.05, 3.63) is 82.8 Å². The Morgan fingerprint density at radius 3 is 2.44 bits per heavy atom. The van der Waals surface area contributed by atoms with Gasteiger partial charge in [-0.3, -0.25) is 14.5 Å². The average molecular weight is 462 g/mol. The molecule has 0 radical (unpaired) electrons. The number of ketones is 1. The predicted molar refractivity (Wildman–Crippen MR) is 128 cm³/mol. The van der Waals surface area contributed by atoms with Crippen molar-refractivity contribution < 1.29 is 28.6 Å². The SMILES string of the molecule is CCOc1ccc(/C(O)=C2/C(=O)C(=O)N(c3ccc(C)cc3C)C2c2ccco2)c(OCC)c1. The van der Waals surface area contributed by atoms with E-state index in [1.807, 2.05) is 39.8 Å². The van der Waals surface area contributed by atoms with Gasteiger partial charge in [-0.25, -0.2) is 0 Å². The van der Waals surface area contributed by atoms with Crippen molar-refractivity contribution in [2.75, 3.05) is 18.1 Å². The number of Topliss-reactive ketones (excluding diaryl/α,β-unsaturated/α-hetero) is 1. The third-order valence-corrected chi connectivity index (χ3v) is 5.69. The van der Waals surface area contributed by atoms with Gasteiger partial charge in [0, 0.05) is 11.8 Å². The third-order valence-electron chi connectivity index (χ3n) is 5.69. The minimum Gasteiger partial charge on any atom is -0.507 e. The van der Waals surface area contributed by atoms with E-state index in [9.17, 15) is 14.7 Å². The Kier molecular flexibility index (Phi) is 6.45. The van der Waals surface area contributed by atoms with E-state index in [2.05, 4.69) is 0 Å². The number of carbonyl (C=O) groups is 2. The molecule has 1 unspecified atom stereocenters. The van der Waals surface area contributed by atoms with Gasteiger partial charge in [-0.1, -0.05) is 17.7 Å². The molecule has 1 fully saturated rings. The second-order valence-corrected chi connectivity index (χ2v) is 8.00. The third kappa shape index (κ3) is 4.05. The molecule has 1 aromatic heterocycles. The molecule has 1 aliphatic rings. The number of nitrogens with zero attached hydrogens (tertiary/aromatic N) is 1. The highest BCUT2D eigenvalue weighted by Crippen LogP contribution is 2.44. The molecule has 1 atom stereocenters. The summed E-state index contributed by atoms with van der Waals surface area (Å²) in [6.45, 7) is 8.33. The number of ether oxygens (including phenoxy) is 2. The maximum atomic E-state index is 13.3. The second-order valence-electron chi connectivity index (χ2n) is 8.00. The van der Waals surface area contributed by atoms with E-state index < -0.39 is 17.7 Å². The van der Waals surface area contributed by atoms with E-state index >= 15 is 0 Å². The number of hydrogen-bond acceptors (Lipinski definition) is 6. The maximum absolute atomic E-state index is 13.3. The molecule has 2 heterocycles. The Labute approximate surface area is 198 Å². The molecule has 7 heteroatoms. The predicted octanol–water partition coefficient (Wildman–Crippen LogP) is 5.32. The molecule has 0 spiro atoms. The van der Waals surface area contributed by atoms with Gasteiger partial charge in [0.05, 0.1) is 30.6 Å². The highest BCUT2D eigenvalue weighted by Gasteiger charge is 2.48. The van der Waals surface area contributed by atoms with Crippen molar-refractivity contribution in [2.45, 2.75) is 33.7 Å².